The monoisotopic (exact) mass is 433 g/mol. The lowest BCUT2D eigenvalue weighted by atomic mass is 9.76. The van der Waals surface area contributed by atoms with E-state index >= 15 is 0 Å². The molecule has 0 spiro atoms. The van der Waals surface area contributed by atoms with E-state index in [1.165, 1.54) is 6.20 Å². The zero-order chi connectivity index (χ0) is 22.7. The molecule has 0 unspecified atom stereocenters. The van der Waals surface area contributed by atoms with Gasteiger partial charge in [0, 0.05) is 12.4 Å². The van der Waals surface area contributed by atoms with E-state index in [1.54, 1.807) is 18.3 Å². The fourth-order valence-corrected chi connectivity index (χ4v) is 4.41. The largest absolute Gasteiger partial charge is 0.312 e. The third-order valence-corrected chi connectivity index (χ3v) is 5.78. The molecule has 0 amide bonds. The van der Waals surface area contributed by atoms with Crippen molar-refractivity contribution in [1.29, 1.82) is 0 Å². The number of rotatable bonds is 6. The van der Waals surface area contributed by atoms with Crippen LogP contribution < -0.4 is 0 Å². The summed E-state index contributed by atoms with van der Waals surface area (Å²) < 4.78 is 16.8. The van der Waals surface area contributed by atoms with Crippen molar-refractivity contribution in [2.24, 2.45) is 0 Å². The molecule has 0 aliphatic carbocycles. The summed E-state index contributed by atoms with van der Waals surface area (Å²) >= 11 is 0. The van der Waals surface area contributed by atoms with Crippen molar-refractivity contribution >= 4 is 6.29 Å². The van der Waals surface area contributed by atoms with Crippen LogP contribution in [0.4, 0.5) is 4.39 Å². The summed E-state index contributed by atoms with van der Waals surface area (Å²) in [5.41, 5.74) is 2.35. The van der Waals surface area contributed by atoms with Crippen LogP contribution in [0.2, 0.25) is 0 Å². The molecule has 4 nitrogen and oxygen atoms in total. The van der Waals surface area contributed by atoms with Crippen LogP contribution in [-0.2, 0) is 5.54 Å². The maximum Gasteiger partial charge on any atom is 0.223 e. The van der Waals surface area contributed by atoms with E-state index in [1.807, 2.05) is 95.6 Å². The zero-order valence-electron chi connectivity index (χ0n) is 17.7. The van der Waals surface area contributed by atoms with Crippen LogP contribution in [0, 0.1) is 5.95 Å². The molecule has 33 heavy (non-hydrogen) atoms. The van der Waals surface area contributed by atoms with Gasteiger partial charge in [-0.15, -0.1) is 0 Å². The lowest BCUT2D eigenvalue weighted by molar-refractivity contribution is 0.111. The molecule has 0 N–H and O–H groups in total. The fraction of sp³-hybridized carbons (Fsp3) is 0.0357. The fourth-order valence-electron chi connectivity index (χ4n) is 4.41. The first kappa shape index (κ1) is 20.5. The highest BCUT2D eigenvalue weighted by atomic mass is 19.1. The highest BCUT2D eigenvalue weighted by molar-refractivity contribution is 5.74. The number of pyridine rings is 1. The van der Waals surface area contributed by atoms with Gasteiger partial charge in [-0.25, -0.2) is 9.97 Å². The maximum atomic E-state index is 14.9. The number of halogens is 1. The Kier molecular flexibility index (Phi) is 5.37. The molecule has 2 heterocycles. The average molecular weight is 433 g/mol. The van der Waals surface area contributed by atoms with E-state index < -0.39 is 11.5 Å². The lowest BCUT2D eigenvalue weighted by Crippen LogP contribution is -2.38. The summed E-state index contributed by atoms with van der Waals surface area (Å²) in [6, 6.07) is 33.2. The number of carbonyl (C=O) groups is 1. The van der Waals surface area contributed by atoms with Gasteiger partial charge in [-0.1, -0.05) is 91.0 Å². The summed E-state index contributed by atoms with van der Waals surface area (Å²) in [4.78, 5) is 20.2. The summed E-state index contributed by atoms with van der Waals surface area (Å²) in [5.74, 6) is -0.329. The molecule has 0 radical (unpaired) electrons. The quantitative estimate of drug-likeness (QED) is 0.195. The first-order chi connectivity index (χ1) is 16.2. The second-order valence-corrected chi connectivity index (χ2v) is 7.63. The number of hydrogen-bond acceptors (Lipinski definition) is 3. The van der Waals surface area contributed by atoms with Crippen molar-refractivity contribution in [3.63, 3.8) is 0 Å². The van der Waals surface area contributed by atoms with Crippen molar-refractivity contribution in [3.05, 3.63) is 144 Å². The van der Waals surface area contributed by atoms with Crippen molar-refractivity contribution in [3.8, 4) is 11.4 Å². The predicted octanol–water partition coefficient (Wildman–Crippen LogP) is 5.74. The Labute approximate surface area is 191 Å². The first-order valence-electron chi connectivity index (χ1n) is 10.6. The van der Waals surface area contributed by atoms with Crippen molar-refractivity contribution in [2.75, 3.05) is 0 Å². The molecular weight excluding hydrogens is 413 g/mol. The topological polar surface area (TPSA) is 47.8 Å². The van der Waals surface area contributed by atoms with Gasteiger partial charge in [0.15, 0.2) is 6.29 Å². The number of imidazole rings is 1. The van der Waals surface area contributed by atoms with E-state index in [2.05, 4.69) is 9.97 Å². The zero-order valence-corrected chi connectivity index (χ0v) is 17.7. The molecular formula is C28H20FN3O. The minimum absolute atomic E-state index is 0.209. The van der Waals surface area contributed by atoms with Gasteiger partial charge in [0.25, 0.3) is 0 Å². The first-order valence-corrected chi connectivity index (χ1v) is 10.6. The molecule has 160 valence electrons. The lowest BCUT2D eigenvalue weighted by Gasteiger charge is -2.38. The molecule has 5 rings (SSSR count). The van der Waals surface area contributed by atoms with Crippen LogP contribution >= 0.6 is 0 Å². The number of benzene rings is 3. The molecule has 0 saturated heterocycles. The Morgan fingerprint density at radius 1 is 0.727 bits per heavy atom. The van der Waals surface area contributed by atoms with Gasteiger partial charge in [0.1, 0.15) is 17.1 Å². The van der Waals surface area contributed by atoms with Crippen molar-refractivity contribution in [2.45, 2.75) is 5.54 Å². The van der Waals surface area contributed by atoms with E-state index in [4.69, 9.17) is 0 Å². The SMILES string of the molecule is O=Cc1cn(C(c2ccccc2)(c2ccccc2)c2ccccc2)c(-c2cccnc2F)n1. The smallest absolute Gasteiger partial charge is 0.223 e. The number of hydrogen-bond donors (Lipinski definition) is 0. The average Bonchev–Trinajstić information content (AvgIpc) is 3.31. The van der Waals surface area contributed by atoms with Crippen LogP contribution in [0.25, 0.3) is 11.4 Å². The highest BCUT2D eigenvalue weighted by Gasteiger charge is 2.40. The van der Waals surface area contributed by atoms with Gasteiger partial charge in [-0.3, -0.25) is 4.79 Å². The predicted molar refractivity (Wildman–Crippen MR) is 125 cm³/mol. The molecule has 5 aromatic rings. The molecule has 0 saturated carbocycles. The third-order valence-electron chi connectivity index (χ3n) is 5.78. The van der Waals surface area contributed by atoms with Gasteiger partial charge in [0.05, 0.1) is 5.56 Å². The van der Waals surface area contributed by atoms with Gasteiger partial charge in [-0.05, 0) is 28.8 Å². The molecule has 2 aromatic heterocycles. The normalized spacial score (nSPS) is 11.3. The number of aromatic nitrogens is 3. The maximum absolute atomic E-state index is 14.9. The van der Waals surface area contributed by atoms with Crippen molar-refractivity contribution < 1.29 is 9.18 Å². The molecule has 5 heteroatoms. The molecule has 0 bridgehead atoms. The van der Waals surface area contributed by atoms with Crippen LogP contribution in [-0.4, -0.2) is 20.8 Å². The standard InChI is InChI=1S/C28H20FN3O/c29-26-25(17-10-18-30-26)27-31-24(20-33)19-32(27)28(21-11-4-1-5-12-21,22-13-6-2-7-14-22)23-15-8-3-9-16-23/h1-20H. The number of aldehydes is 1. The van der Waals surface area contributed by atoms with E-state index in [9.17, 15) is 9.18 Å². The molecule has 0 aliphatic rings. The second kappa shape index (κ2) is 8.63. The van der Waals surface area contributed by atoms with Gasteiger partial charge >= 0.3 is 0 Å². The Bertz CT molecular complexity index is 1290. The van der Waals surface area contributed by atoms with Crippen molar-refractivity contribution in [1.82, 2.24) is 14.5 Å². The van der Waals surface area contributed by atoms with Crippen LogP contribution in [0.3, 0.4) is 0 Å². The number of nitrogens with zero attached hydrogens (tertiary/aromatic N) is 3. The Hall–Kier alpha value is -4.38. The Morgan fingerprint density at radius 3 is 1.70 bits per heavy atom. The molecule has 0 aliphatic heterocycles. The Morgan fingerprint density at radius 2 is 1.24 bits per heavy atom. The summed E-state index contributed by atoms with van der Waals surface area (Å²) in [6.07, 6.45) is 3.76. The summed E-state index contributed by atoms with van der Waals surface area (Å²) in [5, 5.41) is 0. The van der Waals surface area contributed by atoms with Gasteiger partial charge in [-0.2, -0.15) is 4.39 Å². The van der Waals surface area contributed by atoms with Crippen LogP contribution in [0.15, 0.2) is 116 Å². The minimum atomic E-state index is -0.921. The van der Waals surface area contributed by atoms with E-state index in [0.29, 0.717) is 12.1 Å². The molecule has 0 atom stereocenters. The van der Waals surface area contributed by atoms with Crippen LogP contribution in [0.1, 0.15) is 27.2 Å². The third kappa shape index (κ3) is 3.44. The second-order valence-electron chi connectivity index (χ2n) is 7.63. The summed E-state index contributed by atoms with van der Waals surface area (Å²) in [6.45, 7) is 0. The number of carbonyl (C=O) groups excluding carboxylic acids is 1. The van der Waals surface area contributed by atoms with E-state index in [-0.39, 0.29) is 11.3 Å². The van der Waals surface area contributed by atoms with Crippen LogP contribution in [0.5, 0.6) is 0 Å². The Balaban J connectivity index is 1.96. The van der Waals surface area contributed by atoms with Gasteiger partial charge < -0.3 is 4.57 Å². The molecule has 0 fully saturated rings. The summed E-state index contributed by atoms with van der Waals surface area (Å²) in [7, 11) is 0. The molecule has 3 aromatic carbocycles. The van der Waals surface area contributed by atoms with E-state index in [0.717, 1.165) is 16.7 Å². The minimum Gasteiger partial charge on any atom is -0.312 e. The highest BCUT2D eigenvalue weighted by Crippen LogP contribution is 2.43. The van der Waals surface area contributed by atoms with Gasteiger partial charge in [0.2, 0.25) is 5.95 Å².